The Bertz CT molecular complexity index is 493. The number of nitrogens with zero attached hydrogens (tertiary/aromatic N) is 1. The zero-order valence-electron chi connectivity index (χ0n) is 18.0. The van der Waals surface area contributed by atoms with Crippen molar-refractivity contribution < 1.29 is 19.0 Å². The molecule has 1 saturated heterocycles. The number of carbonyl (C=O) groups is 1. The molecule has 5 nitrogen and oxygen atoms in total. The number of likely N-dealkylation sites (tertiary alicyclic amines) is 1. The minimum atomic E-state index is -0.0451. The monoisotopic (exact) mass is 381 g/mol. The summed E-state index contributed by atoms with van der Waals surface area (Å²) in [7, 11) is 0. The molecular formula is C22H39NO4. The van der Waals surface area contributed by atoms with E-state index in [2.05, 4.69) is 39.5 Å². The van der Waals surface area contributed by atoms with Gasteiger partial charge in [-0.1, -0.05) is 0 Å². The fourth-order valence-electron chi connectivity index (χ4n) is 4.56. The van der Waals surface area contributed by atoms with Crippen LogP contribution < -0.4 is 0 Å². The van der Waals surface area contributed by atoms with Crippen LogP contribution in [0.4, 0.5) is 0 Å². The quantitative estimate of drug-likeness (QED) is 0.570. The number of ether oxygens (including phenoxy) is 3. The summed E-state index contributed by atoms with van der Waals surface area (Å²) in [4.78, 5) is 14.6. The third kappa shape index (κ3) is 5.68. The molecule has 3 aliphatic rings. The molecule has 27 heavy (non-hydrogen) atoms. The lowest BCUT2D eigenvalue weighted by molar-refractivity contribution is -0.181. The smallest absolute Gasteiger partial charge is 0.225 e. The van der Waals surface area contributed by atoms with E-state index in [0.717, 1.165) is 64.8 Å². The van der Waals surface area contributed by atoms with Crippen LogP contribution in [0.3, 0.4) is 0 Å². The van der Waals surface area contributed by atoms with Gasteiger partial charge < -0.3 is 19.1 Å². The molecule has 2 saturated carbocycles. The summed E-state index contributed by atoms with van der Waals surface area (Å²) in [5, 5.41) is 0. The van der Waals surface area contributed by atoms with Crippen LogP contribution >= 0.6 is 0 Å². The van der Waals surface area contributed by atoms with Crippen molar-refractivity contribution in [3.8, 4) is 0 Å². The van der Waals surface area contributed by atoms with Crippen molar-refractivity contribution in [1.82, 2.24) is 4.90 Å². The van der Waals surface area contributed by atoms with Crippen molar-refractivity contribution in [2.45, 2.75) is 97.1 Å². The second-order valence-corrected chi connectivity index (χ2v) is 10.2. The molecule has 156 valence electrons. The molecule has 5 heteroatoms. The highest BCUT2D eigenvalue weighted by Crippen LogP contribution is 2.50. The Morgan fingerprint density at radius 2 is 1.70 bits per heavy atom. The lowest BCUT2D eigenvalue weighted by Gasteiger charge is -2.59. The van der Waals surface area contributed by atoms with Gasteiger partial charge in [-0.05, 0) is 73.1 Å². The van der Waals surface area contributed by atoms with Gasteiger partial charge in [0, 0.05) is 37.6 Å². The van der Waals surface area contributed by atoms with Gasteiger partial charge >= 0.3 is 0 Å². The average Bonchev–Trinajstić information content (AvgIpc) is 2.43. The van der Waals surface area contributed by atoms with Crippen molar-refractivity contribution in [2.75, 3.05) is 26.3 Å². The molecule has 0 radical (unpaired) electrons. The minimum absolute atomic E-state index is 0.0451. The molecule has 0 N–H and O–H groups in total. The van der Waals surface area contributed by atoms with E-state index in [4.69, 9.17) is 14.2 Å². The van der Waals surface area contributed by atoms with Gasteiger partial charge in [-0.15, -0.1) is 0 Å². The van der Waals surface area contributed by atoms with Crippen LogP contribution in [0.2, 0.25) is 0 Å². The molecule has 3 fully saturated rings. The first-order chi connectivity index (χ1) is 12.7. The highest BCUT2D eigenvalue weighted by molar-refractivity contribution is 5.81. The molecule has 0 aromatic heterocycles. The molecule has 0 aromatic carbocycles. The SMILES string of the molecule is CC(C)OC1CC(C(=O)N2CC3(CC(OCCCCOC(C)(C)C)C3)C2)C1. The van der Waals surface area contributed by atoms with Gasteiger partial charge in [0.15, 0.2) is 0 Å². The Morgan fingerprint density at radius 3 is 2.30 bits per heavy atom. The second kappa shape index (κ2) is 8.38. The molecule has 1 heterocycles. The molecule has 1 amide bonds. The number of amides is 1. The van der Waals surface area contributed by atoms with Gasteiger partial charge in [-0.3, -0.25) is 4.79 Å². The highest BCUT2D eigenvalue weighted by atomic mass is 16.5. The number of rotatable bonds is 9. The highest BCUT2D eigenvalue weighted by Gasteiger charge is 2.55. The summed E-state index contributed by atoms with van der Waals surface area (Å²) in [6.07, 6.45) is 7.14. The fourth-order valence-corrected chi connectivity index (χ4v) is 4.56. The Kier molecular flexibility index (Phi) is 6.54. The number of hydrogen-bond acceptors (Lipinski definition) is 4. The van der Waals surface area contributed by atoms with E-state index < -0.39 is 0 Å². The van der Waals surface area contributed by atoms with Gasteiger partial charge in [0.1, 0.15) is 0 Å². The van der Waals surface area contributed by atoms with Gasteiger partial charge in [-0.2, -0.15) is 0 Å². The van der Waals surface area contributed by atoms with Crippen LogP contribution in [-0.4, -0.2) is 61.0 Å². The first kappa shape index (κ1) is 21.1. The molecule has 0 atom stereocenters. The van der Waals surface area contributed by atoms with Crippen molar-refractivity contribution >= 4 is 5.91 Å². The number of unbranched alkanes of at least 4 members (excludes halogenated alkanes) is 1. The Balaban J connectivity index is 1.21. The zero-order chi connectivity index (χ0) is 19.7. The topological polar surface area (TPSA) is 48.0 Å². The maximum absolute atomic E-state index is 12.5. The van der Waals surface area contributed by atoms with Crippen molar-refractivity contribution in [3.63, 3.8) is 0 Å². The van der Waals surface area contributed by atoms with Gasteiger partial charge in [0.2, 0.25) is 5.91 Å². The summed E-state index contributed by atoms with van der Waals surface area (Å²) >= 11 is 0. The molecule has 3 rings (SSSR count). The maximum atomic E-state index is 12.5. The summed E-state index contributed by atoms with van der Waals surface area (Å²) < 4.78 is 17.5. The fraction of sp³-hybridized carbons (Fsp3) is 0.955. The molecule has 1 aliphatic heterocycles. The Morgan fingerprint density at radius 1 is 1.07 bits per heavy atom. The van der Waals surface area contributed by atoms with Crippen LogP contribution in [0.5, 0.6) is 0 Å². The largest absolute Gasteiger partial charge is 0.378 e. The van der Waals surface area contributed by atoms with Crippen LogP contribution in [0.15, 0.2) is 0 Å². The second-order valence-electron chi connectivity index (χ2n) is 10.2. The van der Waals surface area contributed by atoms with E-state index in [1.807, 2.05) is 0 Å². The lowest BCUT2D eigenvalue weighted by Crippen LogP contribution is -2.66. The lowest BCUT2D eigenvalue weighted by atomic mass is 9.61. The van der Waals surface area contributed by atoms with Crippen molar-refractivity contribution in [2.24, 2.45) is 11.3 Å². The van der Waals surface area contributed by atoms with Crippen molar-refractivity contribution in [3.05, 3.63) is 0 Å². The number of hydrogen-bond donors (Lipinski definition) is 0. The molecule has 0 bridgehead atoms. The van der Waals surface area contributed by atoms with Crippen molar-refractivity contribution in [1.29, 1.82) is 0 Å². The van der Waals surface area contributed by atoms with Gasteiger partial charge in [0.25, 0.3) is 0 Å². The van der Waals surface area contributed by atoms with E-state index in [1.165, 1.54) is 0 Å². The molecule has 1 spiro atoms. The summed E-state index contributed by atoms with van der Waals surface area (Å²) in [6, 6.07) is 0. The van der Waals surface area contributed by atoms with Crippen LogP contribution in [0.25, 0.3) is 0 Å². The van der Waals surface area contributed by atoms with Crippen LogP contribution in [-0.2, 0) is 19.0 Å². The third-order valence-corrected chi connectivity index (χ3v) is 6.02. The maximum Gasteiger partial charge on any atom is 0.225 e. The van der Waals surface area contributed by atoms with E-state index in [-0.39, 0.29) is 17.6 Å². The van der Waals surface area contributed by atoms with E-state index in [0.29, 0.717) is 23.5 Å². The Hall–Kier alpha value is -0.650. The predicted octanol–water partition coefficient (Wildman–Crippen LogP) is 3.79. The van der Waals surface area contributed by atoms with E-state index in [1.54, 1.807) is 0 Å². The zero-order valence-corrected chi connectivity index (χ0v) is 18.0. The predicted molar refractivity (Wildman–Crippen MR) is 106 cm³/mol. The van der Waals surface area contributed by atoms with Gasteiger partial charge in [-0.25, -0.2) is 0 Å². The summed E-state index contributed by atoms with van der Waals surface area (Å²) in [6.45, 7) is 13.9. The van der Waals surface area contributed by atoms with E-state index >= 15 is 0 Å². The third-order valence-electron chi connectivity index (χ3n) is 6.02. The number of carbonyl (C=O) groups excluding carboxylic acids is 1. The van der Waals surface area contributed by atoms with E-state index in [9.17, 15) is 4.79 Å². The summed E-state index contributed by atoms with van der Waals surface area (Å²) in [5.41, 5.74) is 0.323. The minimum Gasteiger partial charge on any atom is -0.378 e. The van der Waals surface area contributed by atoms with Crippen LogP contribution in [0, 0.1) is 11.3 Å². The van der Waals surface area contributed by atoms with Crippen LogP contribution in [0.1, 0.15) is 73.1 Å². The Labute approximate surface area is 165 Å². The molecular weight excluding hydrogens is 342 g/mol. The standard InChI is InChI=1S/C22H39NO4/c1-16(2)27-18-10-17(11-18)20(24)23-14-22(15-23)12-19(13-22)25-8-6-7-9-26-21(3,4)5/h16-19H,6-15H2,1-5H3. The molecule has 0 aromatic rings. The van der Waals surface area contributed by atoms with Gasteiger partial charge in [0.05, 0.1) is 23.9 Å². The molecule has 0 unspecified atom stereocenters. The summed E-state index contributed by atoms with van der Waals surface area (Å²) in [5.74, 6) is 0.556. The average molecular weight is 382 g/mol. The normalized spacial score (nSPS) is 27.4. The first-order valence-corrected chi connectivity index (χ1v) is 10.9. The molecule has 2 aliphatic carbocycles. The first-order valence-electron chi connectivity index (χ1n) is 10.9.